The van der Waals surface area contributed by atoms with Gasteiger partial charge < -0.3 is 15.2 Å². The standard InChI is InChI=1S/C14H19N5O/c15-13-11(5-4-7-16-13)14-17-12(20-18-14)6-10-19-8-2-1-3-9-19/h4-5,7H,1-3,6,8-10H2,(H2,15,16). The molecule has 0 spiro atoms. The van der Waals surface area contributed by atoms with Gasteiger partial charge in [-0.05, 0) is 38.1 Å². The largest absolute Gasteiger partial charge is 0.383 e. The average molecular weight is 273 g/mol. The summed E-state index contributed by atoms with van der Waals surface area (Å²) in [6.07, 6.45) is 6.37. The highest BCUT2D eigenvalue weighted by Crippen LogP contribution is 2.20. The van der Waals surface area contributed by atoms with Gasteiger partial charge in [-0.1, -0.05) is 11.6 Å². The molecule has 0 amide bonds. The highest BCUT2D eigenvalue weighted by molar-refractivity contribution is 5.67. The summed E-state index contributed by atoms with van der Waals surface area (Å²) in [5, 5.41) is 3.99. The molecule has 6 heteroatoms. The van der Waals surface area contributed by atoms with E-state index in [1.165, 1.54) is 32.4 Å². The van der Waals surface area contributed by atoms with Crippen molar-refractivity contribution < 1.29 is 4.52 Å². The van der Waals surface area contributed by atoms with Crippen LogP contribution in [0.1, 0.15) is 25.2 Å². The SMILES string of the molecule is Nc1ncccc1-c1noc(CCN2CCCCC2)n1. The molecule has 3 rings (SSSR count). The summed E-state index contributed by atoms with van der Waals surface area (Å²) in [7, 11) is 0. The lowest BCUT2D eigenvalue weighted by Crippen LogP contribution is -2.31. The van der Waals surface area contributed by atoms with Gasteiger partial charge in [0.2, 0.25) is 11.7 Å². The van der Waals surface area contributed by atoms with E-state index in [1.807, 2.05) is 12.1 Å². The van der Waals surface area contributed by atoms with Crippen LogP contribution in [0.2, 0.25) is 0 Å². The van der Waals surface area contributed by atoms with Crippen LogP contribution in [0.4, 0.5) is 5.82 Å². The molecule has 106 valence electrons. The van der Waals surface area contributed by atoms with Gasteiger partial charge in [-0.3, -0.25) is 0 Å². The van der Waals surface area contributed by atoms with E-state index in [4.69, 9.17) is 10.3 Å². The molecule has 0 radical (unpaired) electrons. The number of hydrogen-bond acceptors (Lipinski definition) is 6. The van der Waals surface area contributed by atoms with E-state index in [1.54, 1.807) is 6.20 Å². The predicted molar refractivity (Wildman–Crippen MR) is 75.9 cm³/mol. The number of aromatic nitrogens is 3. The zero-order valence-electron chi connectivity index (χ0n) is 11.5. The van der Waals surface area contributed by atoms with Crippen molar-refractivity contribution in [2.75, 3.05) is 25.4 Å². The van der Waals surface area contributed by atoms with E-state index >= 15 is 0 Å². The first-order valence-corrected chi connectivity index (χ1v) is 7.09. The summed E-state index contributed by atoms with van der Waals surface area (Å²) >= 11 is 0. The zero-order valence-corrected chi connectivity index (χ0v) is 11.5. The van der Waals surface area contributed by atoms with Gasteiger partial charge in [0.15, 0.2) is 0 Å². The van der Waals surface area contributed by atoms with Gasteiger partial charge in [-0.2, -0.15) is 4.98 Å². The van der Waals surface area contributed by atoms with Crippen LogP contribution in [0.25, 0.3) is 11.4 Å². The molecule has 20 heavy (non-hydrogen) atoms. The lowest BCUT2D eigenvalue weighted by Gasteiger charge is -2.25. The summed E-state index contributed by atoms with van der Waals surface area (Å²) in [6.45, 7) is 3.33. The zero-order chi connectivity index (χ0) is 13.8. The first kappa shape index (κ1) is 13.1. The van der Waals surface area contributed by atoms with Gasteiger partial charge in [0.25, 0.3) is 0 Å². The van der Waals surface area contributed by atoms with E-state index in [-0.39, 0.29) is 0 Å². The number of anilines is 1. The van der Waals surface area contributed by atoms with Crippen molar-refractivity contribution in [3.05, 3.63) is 24.2 Å². The Bertz CT molecular complexity index is 562. The van der Waals surface area contributed by atoms with Gasteiger partial charge in [-0.15, -0.1) is 0 Å². The molecule has 1 aliphatic heterocycles. The molecule has 2 N–H and O–H groups in total. The fraction of sp³-hybridized carbons (Fsp3) is 0.500. The Morgan fingerprint density at radius 1 is 1.25 bits per heavy atom. The molecule has 2 aromatic heterocycles. The molecule has 0 bridgehead atoms. The number of rotatable bonds is 4. The van der Waals surface area contributed by atoms with Crippen LogP contribution >= 0.6 is 0 Å². The molecule has 0 atom stereocenters. The normalized spacial score (nSPS) is 16.4. The molecule has 1 aliphatic rings. The predicted octanol–water partition coefficient (Wildman–Crippen LogP) is 1.74. The van der Waals surface area contributed by atoms with Gasteiger partial charge in [0.05, 0.1) is 5.56 Å². The number of nitrogens with two attached hydrogens (primary N) is 1. The van der Waals surface area contributed by atoms with Crippen LogP contribution in [0.15, 0.2) is 22.9 Å². The van der Waals surface area contributed by atoms with Gasteiger partial charge in [0.1, 0.15) is 5.82 Å². The second-order valence-corrected chi connectivity index (χ2v) is 5.10. The second-order valence-electron chi connectivity index (χ2n) is 5.10. The Labute approximate surface area is 118 Å². The Morgan fingerprint density at radius 2 is 2.10 bits per heavy atom. The maximum Gasteiger partial charge on any atom is 0.228 e. The van der Waals surface area contributed by atoms with Crippen LogP contribution < -0.4 is 5.73 Å². The third-order valence-electron chi connectivity index (χ3n) is 3.64. The van der Waals surface area contributed by atoms with Crippen LogP contribution in [-0.4, -0.2) is 39.7 Å². The Hall–Kier alpha value is -1.95. The maximum atomic E-state index is 5.81. The second kappa shape index (κ2) is 6.00. The summed E-state index contributed by atoms with van der Waals surface area (Å²) in [5.74, 6) is 1.61. The first-order valence-electron chi connectivity index (χ1n) is 7.09. The van der Waals surface area contributed by atoms with Crippen LogP contribution in [0.3, 0.4) is 0 Å². The Balaban J connectivity index is 1.63. The monoisotopic (exact) mass is 273 g/mol. The van der Waals surface area contributed by atoms with Crippen molar-refractivity contribution in [3.63, 3.8) is 0 Å². The van der Waals surface area contributed by atoms with Crippen molar-refractivity contribution in [2.45, 2.75) is 25.7 Å². The number of pyridine rings is 1. The molecular weight excluding hydrogens is 254 g/mol. The lowest BCUT2D eigenvalue weighted by molar-refractivity contribution is 0.223. The van der Waals surface area contributed by atoms with Crippen molar-refractivity contribution in [3.8, 4) is 11.4 Å². The fourth-order valence-electron chi connectivity index (χ4n) is 2.51. The highest BCUT2D eigenvalue weighted by Gasteiger charge is 2.14. The number of hydrogen-bond donors (Lipinski definition) is 1. The molecule has 6 nitrogen and oxygen atoms in total. The first-order chi connectivity index (χ1) is 9.83. The minimum atomic E-state index is 0.427. The summed E-state index contributed by atoms with van der Waals surface area (Å²) in [6, 6.07) is 3.66. The third-order valence-corrected chi connectivity index (χ3v) is 3.64. The molecular formula is C14H19N5O. The van der Waals surface area contributed by atoms with Crippen molar-refractivity contribution in [2.24, 2.45) is 0 Å². The van der Waals surface area contributed by atoms with E-state index in [2.05, 4.69) is 20.0 Å². The minimum Gasteiger partial charge on any atom is -0.383 e. The topological polar surface area (TPSA) is 81.1 Å². The quantitative estimate of drug-likeness (QED) is 0.914. The summed E-state index contributed by atoms with van der Waals surface area (Å²) in [5.41, 5.74) is 6.53. The Morgan fingerprint density at radius 3 is 2.90 bits per heavy atom. The smallest absolute Gasteiger partial charge is 0.228 e. The molecule has 0 aromatic carbocycles. The van der Waals surface area contributed by atoms with E-state index in [9.17, 15) is 0 Å². The van der Waals surface area contributed by atoms with Gasteiger partial charge in [-0.25, -0.2) is 4.98 Å². The Kier molecular flexibility index (Phi) is 3.92. The molecule has 0 unspecified atom stereocenters. The van der Waals surface area contributed by atoms with E-state index in [0.717, 1.165) is 18.5 Å². The van der Waals surface area contributed by atoms with E-state index < -0.39 is 0 Å². The van der Waals surface area contributed by atoms with Gasteiger partial charge in [0, 0.05) is 19.2 Å². The van der Waals surface area contributed by atoms with Crippen molar-refractivity contribution >= 4 is 5.82 Å². The molecule has 0 aliphatic carbocycles. The number of nitrogen functional groups attached to an aromatic ring is 1. The van der Waals surface area contributed by atoms with Crippen molar-refractivity contribution in [1.29, 1.82) is 0 Å². The minimum absolute atomic E-state index is 0.427. The lowest BCUT2D eigenvalue weighted by atomic mass is 10.1. The summed E-state index contributed by atoms with van der Waals surface area (Å²) < 4.78 is 5.29. The number of likely N-dealkylation sites (tertiary alicyclic amines) is 1. The van der Waals surface area contributed by atoms with Crippen LogP contribution in [0.5, 0.6) is 0 Å². The third kappa shape index (κ3) is 2.96. The fourth-order valence-corrected chi connectivity index (χ4v) is 2.51. The van der Waals surface area contributed by atoms with E-state index in [0.29, 0.717) is 17.5 Å². The highest BCUT2D eigenvalue weighted by atomic mass is 16.5. The average Bonchev–Trinajstić information content (AvgIpc) is 2.95. The number of nitrogens with zero attached hydrogens (tertiary/aromatic N) is 4. The molecule has 1 saturated heterocycles. The number of piperidine rings is 1. The maximum absolute atomic E-state index is 5.81. The molecule has 2 aromatic rings. The van der Waals surface area contributed by atoms with Crippen LogP contribution in [-0.2, 0) is 6.42 Å². The van der Waals surface area contributed by atoms with Crippen molar-refractivity contribution in [1.82, 2.24) is 20.0 Å². The van der Waals surface area contributed by atoms with Crippen LogP contribution in [0, 0.1) is 0 Å². The van der Waals surface area contributed by atoms with Gasteiger partial charge >= 0.3 is 0 Å². The molecule has 0 saturated carbocycles. The molecule has 1 fully saturated rings. The molecule has 3 heterocycles. The summed E-state index contributed by atoms with van der Waals surface area (Å²) in [4.78, 5) is 10.9.